The zero-order chi connectivity index (χ0) is 8.10. The number of hydrogen-bond acceptors (Lipinski definition) is 1. The van der Waals surface area contributed by atoms with Gasteiger partial charge < -0.3 is 4.90 Å². The van der Waals surface area contributed by atoms with Gasteiger partial charge in [0.25, 0.3) is 0 Å². The highest BCUT2D eigenvalue weighted by Gasteiger charge is 1.94. The van der Waals surface area contributed by atoms with Crippen molar-refractivity contribution in [2.45, 2.75) is 13.5 Å². The molecule has 0 heterocycles. The van der Waals surface area contributed by atoms with Crippen LogP contribution in [0.5, 0.6) is 0 Å². The quantitative estimate of drug-likeness (QED) is 0.633. The van der Waals surface area contributed by atoms with Crippen LogP contribution < -0.4 is 0 Å². The molecule has 0 spiro atoms. The summed E-state index contributed by atoms with van der Waals surface area (Å²) in [6, 6.07) is 11.2. The van der Waals surface area contributed by atoms with Gasteiger partial charge in [0, 0.05) is 6.54 Å². The molecular formula is C10H14N. The molecule has 1 aromatic rings. The average Bonchev–Trinajstić information content (AvgIpc) is 2.06. The van der Waals surface area contributed by atoms with Crippen LogP contribution in [0.25, 0.3) is 0 Å². The molecule has 0 aliphatic carbocycles. The van der Waals surface area contributed by atoms with Crippen molar-refractivity contribution in [3.8, 4) is 0 Å². The molecule has 0 unspecified atom stereocenters. The molecule has 0 saturated heterocycles. The Kier molecular flexibility index (Phi) is 3.12. The largest absolute Gasteiger partial charge is 0.302 e. The molecule has 1 radical (unpaired) electrons. The molecule has 0 saturated carbocycles. The van der Waals surface area contributed by atoms with Crippen molar-refractivity contribution in [3.63, 3.8) is 0 Å². The van der Waals surface area contributed by atoms with E-state index in [2.05, 4.69) is 31.0 Å². The van der Waals surface area contributed by atoms with Crippen LogP contribution in [-0.4, -0.2) is 18.5 Å². The lowest BCUT2D eigenvalue weighted by molar-refractivity contribution is 0.346. The third-order valence-corrected chi connectivity index (χ3v) is 1.76. The van der Waals surface area contributed by atoms with Gasteiger partial charge in [-0.2, -0.15) is 0 Å². The smallest absolute Gasteiger partial charge is 0.0230 e. The van der Waals surface area contributed by atoms with Crippen molar-refractivity contribution in [1.82, 2.24) is 4.90 Å². The Balaban J connectivity index is 2.51. The predicted octanol–water partition coefficient (Wildman–Crippen LogP) is 1.94. The molecule has 0 aliphatic heterocycles. The molecule has 0 bridgehead atoms. The monoisotopic (exact) mass is 148 g/mol. The van der Waals surface area contributed by atoms with Crippen LogP contribution in [0.4, 0.5) is 0 Å². The summed E-state index contributed by atoms with van der Waals surface area (Å²) in [5.41, 5.74) is 1.33. The van der Waals surface area contributed by atoms with Gasteiger partial charge in [0.15, 0.2) is 0 Å². The highest BCUT2D eigenvalue weighted by Crippen LogP contribution is 2.00. The molecule has 0 aromatic heterocycles. The molecule has 0 amide bonds. The maximum atomic E-state index is 3.06. The fourth-order valence-electron chi connectivity index (χ4n) is 0.952. The number of hydrogen-bond donors (Lipinski definition) is 0. The Morgan fingerprint density at radius 1 is 1.55 bits per heavy atom. The van der Waals surface area contributed by atoms with E-state index in [0.29, 0.717) is 0 Å². The summed E-state index contributed by atoms with van der Waals surface area (Å²) in [6.07, 6.45) is 0. The van der Waals surface area contributed by atoms with Gasteiger partial charge in [0.05, 0.1) is 0 Å². The minimum Gasteiger partial charge on any atom is -0.302 e. The van der Waals surface area contributed by atoms with Crippen molar-refractivity contribution >= 4 is 0 Å². The van der Waals surface area contributed by atoms with Crippen molar-refractivity contribution < 1.29 is 0 Å². The van der Waals surface area contributed by atoms with E-state index in [1.54, 1.807) is 0 Å². The maximum absolute atomic E-state index is 3.06. The third-order valence-electron chi connectivity index (χ3n) is 1.76. The fourth-order valence-corrected chi connectivity index (χ4v) is 0.952. The van der Waals surface area contributed by atoms with Crippen LogP contribution >= 0.6 is 0 Å². The number of benzene rings is 1. The van der Waals surface area contributed by atoms with E-state index in [4.69, 9.17) is 0 Å². The van der Waals surface area contributed by atoms with Crippen LogP contribution in [0, 0.1) is 6.07 Å². The Morgan fingerprint density at radius 3 is 2.91 bits per heavy atom. The summed E-state index contributed by atoms with van der Waals surface area (Å²) in [7, 11) is 2.12. The molecule has 0 N–H and O–H groups in total. The zero-order valence-electron chi connectivity index (χ0n) is 7.17. The Bertz CT molecular complexity index is 193. The van der Waals surface area contributed by atoms with Gasteiger partial charge in [-0.25, -0.2) is 0 Å². The lowest BCUT2D eigenvalue weighted by atomic mass is 10.2. The van der Waals surface area contributed by atoms with Gasteiger partial charge in [-0.3, -0.25) is 0 Å². The van der Waals surface area contributed by atoms with Crippen LogP contribution in [-0.2, 0) is 6.54 Å². The predicted molar refractivity (Wildman–Crippen MR) is 47.3 cm³/mol. The normalized spacial score (nSPS) is 10.5. The minimum absolute atomic E-state index is 1.02. The van der Waals surface area contributed by atoms with Crippen LogP contribution in [0.3, 0.4) is 0 Å². The topological polar surface area (TPSA) is 3.24 Å². The van der Waals surface area contributed by atoms with E-state index < -0.39 is 0 Å². The van der Waals surface area contributed by atoms with Crippen molar-refractivity contribution in [2.24, 2.45) is 0 Å². The van der Waals surface area contributed by atoms with Crippen LogP contribution in [0.2, 0.25) is 0 Å². The standard InChI is InChI=1S/C10H14N/c1-3-11(2)9-10-7-5-4-6-8-10/h4-5,7-8H,3,9H2,1-2H3. The van der Waals surface area contributed by atoms with Crippen molar-refractivity contribution in [2.75, 3.05) is 13.6 Å². The first-order chi connectivity index (χ1) is 5.33. The highest BCUT2D eigenvalue weighted by atomic mass is 15.1. The van der Waals surface area contributed by atoms with Gasteiger partial charge in [0.1, 0.15) is 0 Å². The number of rotatable bonds is 3. The Labute approximate surface area is 68.7 Å². The SMILES string of the molecule is CCN(C)Cc1c[c]ccc1. The Hall–Kier alpha value is -0.820. The molecule has 59 valence electrons. The molecule has 1 heteroatoms. The molecule has 1 rings (SSSR count). The average molecular weight is 148 g/mol. The summed E-state index contributed by atoms with van der Waals surface area (Å²) < 4.78 is 0. The van der Waals surface area contributed by atoms with Gasteiger partial charge in [0.2, 0.25) is 0 Å². The maximum Gasteiger partial charge on any atom is 0.0230 e. The molecule has 0 atom stereocenters. The van der Waals surface area contributed by atoms with E-state index >= 15 is 0 Å². The lowest BCUT2D eigenvalue weighted by Crippen LogP contribution is -2.16. The second-order valence-electron chi connectivity index (χ2n) is 2.74. The number of nitrogens with zero attached hydrogens (tertiary/aromatic N) is 1. The minimum atomic E-state index is 1.02. The summed E-state index contributed by atoms with van der Waals surface area (Å²) in [4.78, 5) is 2.27. The van der Waals surface area contributed by atoms with Crippen LogP contribution in [0.15, 0.2) is 24.3 Å². The summed E-state index contributed by atoms with van der Waals surface area (Å²) in [6.45, 7) is 4.27. The third kappa shape index (κ3) is 2.72. The van der Waals surface area contributed by atoms with Gasteiger partial charge in [-0.05, 0) is 31.3 Å². The first kappa shape index (κ1) is 8.28. The second kappa shape index (κ2) is 4.14. The first-order valence-electron chi connectivity index (χ1n) is 3.96. The second-order valence-corrected chi connectivity index (χ2v) is 2.74. The molecule has 11 heavy (non-hydrogen) atoms. The van der Waals surface area contributed by atoms with Gasteiger partial charge >= 0.3 is 0 Å². The van der Waals surface area contributed by atoms with Crippen molar-refractivity contribution in [3.05, 3.63) is 35.9 Å². The summed E-state index contributed by atoms with van der Waals surface area (Å²) in [5.74, 6) is 0. The van der Waals surface area contributed by atoms with E-state index in [1.165, 1.54) is 5.56 Å². The van der Waals surface area contributed by atoms with Crippen molar-refractivity contribution in [1.29, 1.82) is 0 Å². The van der Waals surface area contributed by atoms with Crippen LogP contribution in [0.1, 0.15) is 12.5 Å². The molecule has 0 fully saturated rings. The fraction of sp³-hybridized carbons (Fsp3) is 0.400. The van der Waals surface area contributed by atoms with E-state index in [1.807, 2.05) is 18.2 Å². The Morgan fingerprint density at radius 2 is 2.36 bits per heavy atom. The molecule has 1 nitrogen and oxygen atoms in total. The van der Waals surface area contributed by atoms with E-state index in [-0.39, 0.29) is 0 Å². The summed E-state index contributed by atoms with van der Waals surface area (Å²) in [5, 5.41) is 0. The first-order valence-corrected chi connectivity index (χ1v) is 3.96. The van der Waals surface area contributed by atoms with Gasteiger partial charge in [-0.1, -0.05) is 25.1 Å². The zero-order valence-corrected chi connectivity index (χ0v) is 7.17. The highest BCUT2D eigenvalue weighted by molar-refractivity contribution is 5.13. The molecule has 0 aliphatic rings. The van der Waals surface area contributed by atoms with Gasteiger partial charge in [-0.15, -0.1) is 0 Å². The van der Waals surface area contributed by atoms with E-state index in [0.717, 1.165) is 13.1 Å². The molecule has 1 aromatic carbocycles. The summed E-state index contributed by atoms with van der Waals surface area (Å²) >= 11 is 0. The van der Waals surface area contributed by atoms with E-state index in [9.17, 15) is 0 Å². The lowest BCUT2D eigenvalue weighted by Gasteiger charge is -2.12. The molecular weight excluding hydrogens is 134 g/mol.